The normalized spacial score (nSPS) is 10.6. The van der Waals surface area contributed by atoms with Crippen molar-refractivity contribution in [1.29, 1.82) is 0 Å². The van der Waals surface area contributed by atoms with Crippen molar-refractivity contribution >= 4 is 17.2 Å². The number of aliphatic hydroxyl groups is 1. The minimum atomic E-state index is -0.201. The fourth-order valence-corrected chi connectivity index (χ4v) is 2.86. The molecule has 0 saturated heterocycles. The summed E-state index contributed by atoms with van der Waals surface area (Å²) in [5.41, 5.74) is 2.33. The predicted octanol–water partition coefficient (Wildman–Crippen LogP) is 1.15. The topological polar surface area (TPSA) is 92.9 Å². The Bertz CT molecular complexity index is 769. The van der Waals surface area contributed by atoms with Crippen molar-refractivity contribution in [3.8, 4) is 5.69 Å². The zero-order valence-corrected chi connectivity index (χ0v) is 12.3. The van der Waals surface area contributed by atoms with Gasteiger partial charge in [0.1, 0.15) is 11.2 Å². The van der Waals surface area contributed by atoms with Crippen LogP contribution >= 0.6 is 11.3 Å². The Kier molecular flexibility index (Phi) is 4.22. The van der Waals surface area contributed by atoms with Gasteiger partial charge in [0.25, 0.3) is 5.91 Å². The first kappa shape index (κ1) is 14.4. The van der Waals surface area contributed by atoms with Crippen LogP contribution in [0.3, 0.4) is 0 Å². The Hall–Kier alpha value is -2.58. The van der Waals surface area contributed by atoms with E-state index in [0.29, 0.717) is 17.1 Å². The van der Waals surface area contributed by atoms with Crippen molar-refractivity contribution < 1.29 is 9.90 Å². The largest absolute Gasteiger partial charge is 0.392 e. The quantitative estimate of drug-likeness (QED) is 0.736. The minimum Gasteiger partial charge on any atom is -0.392 e. The van der Waals surface area contributed by atoms with Crippen LogP contribution in [0.1, 0.15) is 20.8 Å². The Morgan fingerprint density at radius 1 is 1.27 bits per heavy atom. The molecule has 1 aromatic carbocycles. The third kappa shape index (κ3) is 2.87. The number of nitrogens with zero attached hydrogens (tertiary/aromatic N) is 4. The fraction of sp³-hybridized carbons (Fsp3) is 0.143. The average Bonchev–Trinajstić information content (AvgIpc) is 3.23. The molecule has 2 aromatic heterocycles. The van der Waals surface area contributed by atoms with Gasteiger partial charge in [-0.15, -0.1) is 16.4 Å². The second kappa shape index (κ2) is 6.46. The van der Waals surface area contributed by atoms with Gasteiger partial charge >= 0.3 is 0 Å². The van der Waals surface area contributed by atoms with Crippen LogP contribution in [0, 0.1) is 0 Å². The van der Waals surface area contributed by atoms with Crippen LogP contribution in [0.4, 0.5) is 0 Å². The third-order valence-electron chi connectivity index (χ3n) is 3.17. The summed E-state index contributed by atoms with van der Waals surface area (Å²) in [4.78, 5) is 12.9. The highest BCUT2D eigenvalue weighted by Crippen LogP contribution is 2.20. The van der Waals surface area contributed by atoms with E-state index >= 15 is 0 Å². The second-order valence-corrected chi connectivity index (χ2v) is 5.41. The second-order valence-electron chi connectivity index (χ2n) is 4.50. The number of aromatic nitrogens is 4. The summed E-state index contributed by atoms with van der Waals surface area (Å²) in [5, 5.41) is 24.9. The molecule has 2 N–H and O–H groups in total. The summed E-state index contributed by atoms with van der Waals surface area (Å²) in [6.07, 6.45) is 1.44. The highest BCUT2D eigenvalue weighted by molar-refractivity contribution is 7.12. The number of tetrazole rings is 1. The van der Waals surface area contributed by atoms with Gasteiger partial charge in [0, 0.05) is 6.54 Å². The van der Waals surface area contributed by atoms with Crippen molar-refractivity contribution in [2.45, 2.75) is 13.2 Å². The molecule has 3 rings (SSSR count). The number of hydrogen-bond donors (Lipinski definition) is 2. The lowest BCUT2D eigenvalue weighted by Gasteiger charge is -2.09. The molecule has 0 saturated carbocycles. The van der Waals surface area contributed by atoms with Gasteiger partial charge in [-0.2, -0.15) is 4.68 Å². The molecule has 0 fully saturated rings. The van der Waals surface area contributed by atoms with E-state index in [9.17, 15) is 9.90 Å². The van der Waals surface area contributed by atoms with E-state index in [1.54, 1.807) is 6.07 Å². The van der Waals surface area contributed by atoms with Crippen molar-refractivity contribution in [3.63, 3.8) is 0 Å². The van der Waals surface area contributed by atoms with E-state index in [0.717, 1.165) is 11.1 Å². The standard InChI is InChI=1S/C14H13N5O2S/c20-8-11-4-2-1-3-10(11)7-15-14(21)13-12(5-6-22-13)19-9-16-17-18-19/h1-6,9,20H,7-8H2,(H,15,21). The number of thiophene rings is 1. The molecule has 8 heteroatoms. The van der Waals surface area contributed by atoms with Gasteiger partial charge < -0.3 is 10.4 Å². The first-order chi connectivity index (χ1) is 10.8. The third-order valence-corrected chi connectivity index (χ3v) is 4.08. The van der Waals surface area contributed by atoms with Crippen LogP contribution < -0.4 is 5.32 Å². The number of aliphatic hydroxyl groups excluding tert-OH is 1. The number of amides is 1. The number of carbonyl (C=O) groups excluding carboxylic acids is 1. The number of rotatable bonds is 5. The van der Waals surface area contributed by atoms with Crippen LogP contribution in [-0.2, 0) is 13.2 Å². The summed E-state index contributed by atoms with van der Waals surface area (Å²) >= 11 is 1.32. The highest BCUT2D eigenvalue weighted by atomic mass is 32.1. The Balaban J connectivity index is 1.75. The number of carbonyl (C=O) groups is 1. The fourth-order valence-electron chi connectivity index (χ4n) is 2.06. The molecule has 0 aliphatic heterocycles. The lowest BCUT2D eigenvalue weighted by atomic mass is 10.1. The summed E-state index contributed by atoms with van der Waals surface area (Å²) < 4.78 is 1.45. The lowest BCUT2D eigenvalue weighted by molar-refractivity contribution is 0.0954. The van der Waals surface area contributed by atoms with Crippen molar-refractivity contribution in [2.75, 3.05) is 0 Å². The first-order valence-corrected chi connectivity index (χ1v) is 7.44. The molecule has 0 spiro atoms. The molecule has 0 radical (unpaired) electrons. The van der Waals surface area contributed by atoms with E-state index in [1.807, 2.05) is 29.6 Å². The van der Waals surface area contributed by atoms with Gasteiger partial charge in [0.05, 0.1) is 12.3 Å². The molecule has 3 aromatic rings. The number of benzene rings is 1. The van der Waals surface area contributed by atoms with Crippen LogP contribution in [0.5, 0.6) is 0 Å². The minimum absolute atomic E-state index is 0.0546. The number of hydrogen-bond acceptors (Lipinski definition) is 6. The maximum atomic E-state index is 12.3. The molecule has 7 nitrogen and oxygen atoms in total. The van der Waals surface area contributed by atoms with Crippen molar-refractivity contribution in [1.82, 2.24) is 25.5 Å². The smallest absolute Gasteiger partial charge is 0.263 e. The van der Waals surface area contributed by atoms with Gasteiger partial charge in [-0.25, -0.2) is 0 Å². The Morgan fingerprint density at radius 3 is 2.82 bits per heavy atom. The van der Waals surface area contributed by atoms with Crippen LogP contribution in [0.15, 0.2) is 42.0 Å². The maximum Gasteiger partial charge on any atom is 0.263 e. The van der Waals surface area contributed by atoms with E-state index < -0.39 is 0 Å². The average molecular weight is 315 g/mol. The van der Waals surface area contributed by atoms with Crippen molar-refractivity contribution in [3.05, 3.63) is 58.0 Å². The molecule has 0 aliphatic carbocycles. The molecular weight excluding hydrogens is 302 g/mol. The van der Waals surface area contributed by atoms with Gasteiger partial charge in [-0.1, -0.05) is 24.3 Å². The summed E-state index contributed by atoms with van der Waals surface area (Å²) in [7, 11) is 0. The monoisotopic (exact) mass is 315 g/mol. The molecule has 2 heterocycles. The lowest BCUT2D eigenvalue weighted by Crippen LogP contribution is -2.23. The van der Waals surface area contributed by atoms with E-state index in [2.05, 4.69) is 20.8 Å². The van der Waals surface area contributed by atoms with Crippen LogP contribution in [0.2, 0.25) is 0 Å². The SMILES string of the molecule is O=C(NCc1ccccc1CO)c1sccc1-n1cnnn1. The Labute approximate surface area is 130 Å². The number of nitrogens with one attached hydrogen (secondary N) is 1. The van der Waals surface area contributed by atoms with Gasteiger partial charge in [-0.3, -0.25) is 4.79 Å². The maximum absolute atomic E-state index is 12.3. The van der Waals surface area contributed by atoms with Gasteiger partial charge in [0.2, 0.25) is 0 Å². The summed E-state index contributed by atoms with van der Waals surface area (Å²) in [5.74, 6) is -0.201. The van der Waals surface area contributed by atoms with Crippen LogP contribution in [0.25, 0.3) is 5.69 Å². The summed E-state index contributed by atoms with van der Waals surface area (Å²) in [6.45, 7) is 0.295. The molecule has 0 unspecified atom stereocenters. The van der Waals surface area contributed by atoms with Gasteiger partial charge in [-0.05, 0) is 33.0 Å². The van der Waals surface area contributed by atoms with E-state index in [4.69, 9.17) is 0 Å². The molecule has 0 atom stereocenters. The summed E-state index contributed by atoms with van der Waals surface area (Å²) in [6, 6.07) is 9.23. The van der Waals surface area contributed by atoms with E-state index in [-0.39, 0.29) is 12.5 Å². The molecule has 1 amide bonds. The highest BCUT2D eigenvalue weighted by Gasteiger charge is 2.15. The zero-order valence-electron chi connectivity index (χ0n) is 11.5. The predicted molar refractivity (Wildman–Crippen MR) is 80.6 cm³/mol. The van der Waals surface area contributed by atoms with Crippen molar-refractivity contribution in [2.24, 2.45) is 0 Å². The Morgan fingerprint density at radius 2 is 2.09 bits per heavy atom. The molecule has 22 heavy (non-hydrogen) atoms. The molecule has 0 aliphatic rings. The zero-order chi connectivity index (χ0) is 15.4. The molecule has 112 valence electrons. The molecule has 0 bridgehead atoms. The molecular formula is C14H13N5O2S. The first-order valence-electron chi connectivity index (χ1n) is 6.56. The van der Waals surface area contributed by atoms with E-state index in [1.165, 1.54) is 22.3 Å². The van der Waals surface area contributed by atoms with Gasteiger partial charge in [0.15, 0.2) is 0 Å². The van der Waals surface area contributed by atoms with Crippen LogP contribution in [-0.4, -0.2) is 31.2 Å².